The third kappa shape index (κ3) is 2.39. The fourth-order valence-electron chi connectivity index (χ4n) is 4.95. The standard InChI is InChI=1S/C21H23NS/c1-3-7-20-18(5-1)22(19-6-2-4-8-21(19)23-20)14-17-13-15-9-11-16(17)12-10-15/h1-8,15-17H,9-14H2. The smallest absolute Gasteiger partial charge is 0.0552 e. The van der Waals surface area contributed by atoms with Gasteiger partial charge in [-0.15, -0.1) is 0 Å². The molecule has 1 unspecified atom stereocenters. The monoisotopic (exact) mass is 321 g/mol. The van der Waals surface area contributed by atoms with Crippen LogP contribution in [0.25, 0.3) is 0 Å². The number of hydrogen-bond donors (Lipinski definition) is 0. The first-order chi connectivity index (χ1) is 11.4. The first kappa shape index (κ1) is 14.0. The lowest BCUT2D eigenvalue weighted by Gasteiger charge is -2.45. The molecule has 1 heterocycles. The van der Waals surface area contributed by atoms with Crippen LogP contribution in [0.4, 0.5) is 11.4 Å². The lowest BCUT2D eigenvalue weighted by molar-refractivity contribution is 0.104. The van der Waals surface area contributed by atoms with Gasteiger partial charge in [0.2, 0.25) is 0 Å². The molecule has 1 atom stereocenters. The van der Waals surface area contributed by atoms with Crippen molar-refractivity contribution >= 4 is 23.1 Å². The van der Waals surface area contributed by atoms with Gasteiger partial charge in [0.15, 0.2) is 0 Å². The lowest BCUT2D eigenvalue weighted by atomic mass is 9.64. The zero-order valence-corrected chi connectivity index (χ0v) is 14.3. The Bertz CT molecular complexity index is 672. The van der Waals surface area contributed by atoms with Crippen molar-refractivity contribution in [3.05, 3.63) is 48.5 Å². The largest absolute Gasteiger partial charge is 0.339 e. The summed E-state index contributed by atoms with van der Waals surface area (Å²) in [6, 6.07) is 17.9. The van der Waals surface area contributed by atoms with Crippen molar-refractivity contribution in [3.8, 4) is 0 Å². The summed E-state index contributed by atoms with van der Waals surface area (Å²) in [6.07, 6.45) is 7.38. The normalized spacial score (nSPS) is 28.3. The highest BCUT2D eigenvalue weighted by Crippen LogP contribution is 2.51. The van der Waals surface area contributed by atoms with E-state index in [1.807, 2.05) is 11.8 Å². The quantitative estimate of drug-likeness (QED) is 0.656. The van der Waals surface area contributed by atoms with E-state index < -0.39 is 0 Å². The Morgan fingerprint density at radius 3 is 2.00 bits per heavy atom. The third-order valence-electron chi connectivity index (χ3n) is 6.14. The molecule has 0 N–H and O–H groups in total. The van der Waals surface area contributed by atoms with E-state index in [1.165, 1.54) is 59.8 Å². The fraction of sp³-hybridized carbons (Fsp3) is 0.429. The summed E-state index contributed by atoms with van der Waals surface area (Å²) in [7, 11) is 0. The molecule has 4 aliphatic rings. The summed E-state index contributed by atoms with van der Waals surface area (Å²) in [4.78, 5) is 5.44. The predicted octanol–water partition coefficient (Wildman–Crippen LogP) is 6.12. The van der Waals surface area contributed by atoms with Crippen LogP contribution < -0.4 is 4.90 Å². The summed E-state index contributed by atoms with van der Waals surface area (Å²) in [5.41, 5.74) is 2.83. The summed E-state index contributed by atoms with van der Waals surface area (Å²) in [5.74, 6) is 2.86. The van der Waals surface area contributed by atoms with E-state index in [0.717, 1.165) is 17.8 Å². The molecule has 2 bridgehead atoms. The molecule has 0 amide bonds. The first-order valence-corrected chi connectivity index (χ1v) is 9.83. The lowest BCUT2D eigenvalue weighted by Crippen LogP contribution is -2.38. The van der Waals surface area contributed by atoms with Gasteiger partial charge in [-0.3, -0.25) is 0 Å². The second-order valence-corrected chi connectivity index (χ2v) is 8.51. The Balaban J connectivity index is 1.52. The molecule has 3 aliphatic carbocycles. The van der Waals surface area contributed by atoms with Crippen molar-refractivity contribution < 1.29 is 0 Å². The Morgan fingerprint density at radius 2 is 1.43 bits per heavy atom. The molecular weight excluding hydrogens is 298 g/mol. The Labute approximate surface area is 143 Å². The second kappa shape index (κ2) is 5.59. The number of anilines is 2. The SMILES string of the molecule is c1ccc2c(c1)Sc1ccccc1N2CC1CC2CCC1CC2. The van der Waals surface area contributed by atoms with Gasteiger partial charge in [-0.25, -0.2) is 0 Å². The van der Waals surface area contributed by atoms with E-state index in [4.69, 9.17) is 0 Å². The van der Waals surface area contributed by atoms with Crippen molar-refractivity contribution in [1.29, 1.82) is 0 Å². The third-order valence-corrected chi connectivity index (χ3v) is 7.27. The van der Waals surface area contributed by atoms with Gasteiger partial charge in [-0.1, -0.05) is 48.9 Å². The number of rotatable bonds is 2. The predicted molar refractivity (Wildman–Crippen MR) is 97.6 cm³/mol. The van der Waals surface area contributed by atoms with E-state index in [2.05, 4.69) is 53.4 Å². The maximum Gasteiger partial charge on any atom is 0.0552 e. The van der Waals surface area contributed by atoms with Crippen LogP contribution in [0, 0.1) is 17.8 Å². The van der Waals surface area contributed by atoms with Gasteiger partial charge in [-0.2, -0.15) is 0 Å². The maximum absolute atomic E-state index is 2.62. The van der Waals surface area contributed by atoms with Gasteiger partial charge in [0, 0.05) is 16.3 Å². The summed E-state index contributed by atoms with van der Waals surface area (Å²) >= 11 is 1.92. The Morgan fingerprint density at radius 1 is 0.826 bits per heavy atom. The van der Waals surface area contributed by atoms with Crippen LogP contribution in [-0.4, -0.2) is 6.54 Å². The van der Waals surface area contributed by atoms with Crippen molar-refractivity contribution in [3.63, 3.8) is 0 Å². The van der Waals surface area contributed by atoms with Crippen LogP contribution in [0.3, 0.4) is 0 Å². The Hall–Kier alpha value is -1.41. The van der Waals surface area contributed by atoms with Gasteiger partial charge >= 0.3 is 0 Å². The number of benzene rings is 2. The average molecular weight is 321 g/mol. The molecule has 23 heavy (non-hydrogen) atoms. The molecule has 3 fully saturated rings. The van der Waals surface area contributed by atoms with Crippen molar-refractivity contribution in [2.45, 2.75) is 41.9 Å². The van der Waals surface area contributed by atoms with Crippen LogP contribution in [0.15, 0.2) is 58.3 Å². The maximum atomic E-state index is 2.62. The minimum absolute atomic E-state index is 0.881. The summed E-state index contributed by atoms with van der Waals surface area (Å²) in [6.45, 7) is 1.20. The zero-order valence-electron chi connectivity index (χ0n) is 13.4. The number of nitrogens with zero attached hydrogens (tertiary/aromatic N) is 1. The molecule has 2 aromatic rings. The van der Waals surface area contributed by atoms with Crippen molar-refractivity contribution in [2.75, 3.05) is 11.4 Å². The van der Waals surface area contributed by atoms with Gasteiger partial charge < -0.3 is 4.90 Å². The van der Waals surface area contributed by atoms with Crippen LogP contribution >= 0.6 is 11.8 Å². The van der Waals surface area contributed by atoms with Gasteiger partial charge in [0.05, 0.1) is 11.4 Å². The fourth-order valence-corrected chi connectivity index (χ4v) is 6.05. The van der Waals surface area contributed by atoms with Crippen molar-refractivity contribution in [1.82, 2.24) is 0 Å². The molecule has 2 aromatic carbocycles. The molecule has 3 saturated carbocycles. The highest BCUT2D eigenvalue weighted by molar-refractivity contribution is 7.99. The molecule has 0 radical (unpaired) electrons. The summed E-state index contributed by atoms with van der Waals surface area (Å²) in [5, 5.41) is 0. The second-order valence-electron chi connectivity index (χ2n) is 7.42. The van der Waals surface area contributed by atoms with E-state index in [0.29, 0.717) is 0 Å². The van der Waals surface area contributed by atoms with Crippen LogP contribution in [0.1, 0.15) is 32.1 Å². The van der Waals surface area contributed by atoms with Gasteiger partial charge in [-0.05, 0) is 61.3 Å². The highest BCUT2D eigenvalue weighted by atomic mass is 32.2. The zero-order chi connectivity index (χ0) is 15.2. The van der Waals surface area contributed by atoms with Gasteiger partial charge in [0.25, 0.3) is 0 Å². The van der Waals surface area contributed by atoms with Crippen LogP contribution in [-0.2, 0) is 0 Å². The molecule has 6 rings (SSSR count). The number of hydrogen-bond acceptors (Lipinski definition) is 2. The minimum Gasteiger partial charge on any atom is -0.339 e. The molecule has 2 heteroatoms. The van der Waals surface area contributed by atoms with E-state index in [-0.39, 0.29) is 0 Å². The molecule has 0 saturated heterocycles. The van der Waals surface area contributed by atoms with Crippen LogP contribution in [0.5, 0.6) is 0 Å². The Kier molecular flexibility index (Phi) is 3.40. The topological polar surface area (TPSA) is 3.24 Å². The van der Waals surface area contributed by atoms with E-state index in [9.17, 15) is 0 Å². The van der Waals surface area contributed by atoms with E-state index in [1.54, 1.807) is 0 Å². The number of fused-ring (bicyclic) bond motifs is 5. The van der Waals surface area contributed by atoms with Crippen molar-refractivity contribution in [2.24, 2.45) is 17.8 Å². The van der Waals surface area contributed by atoms with Crippen LogP contribution in [0.2, 0.25) is 0 Å². The molecule has 1 nitrogen and oxygen atoms in total. The first-order valence-electron chi connectivity index (χ1n) is 9.02. The molecule has 1 aliphatic heterocycles. The number of para-hydroxylation sites is 2. The molecular formula is C21H23NS. The molecule has 0 spiro atoms. The summed E-state index contributed by atoms with van der Waals surface area (Å²) < 4.78 is 0. The van der Waals surface area contributed by atoms with E-state index >= 15 is 0 Å². The average Bonchev–Trinajstić information content (AvgIpc) is 2.62. The molecule has 118 valence electrons. The minimum atomic E-state index is 0.881. The highest BCUT2D eigenvalue weighted by Gasteiger charge is 2.37. The van der Waals surface area contributed by atoms with Gasteiger partial charge in [0.1, 0.15) is 0 Å². The molecule has 0 aromatic heterocycles.